The quantitative estimate of drug-likeness (QED) is 0.210. The van der Waals surface area contributed by atoms with Crippen LogP contribution in [0.5, 0.6) is 0 Å². The zero-order valence-electron chi connectivity index (χ0n) is 26.1. The molecular formula is C32H51N3O7. The Morgan fingerprint density at radius 2 is 1.71 bits per heavy atom. The Balaban J connectivity index is 1.67. The fourth-order valence-electron chi connectivity index (χ4n) is 5.37. The molecule has 6 atom stereocenters. The molecule has 42 heavy (non-hydrogen) atoms. The van der Waals surface area contributed by atoms with Gasteiger partial charge in [0.1, 0.15) is 12.2 Å². The number of likely N-dealkylation sites (N-methyl/N-ethyl adjacent to an activating group) is 1. The molecule has 3 rings (SSSR count). The van der Waals surface area contributed by atoms with Crippen molar-refractivity contribution in [3.8, 4) is 0 Å². The lowest BCUT2D eigenvalue weighted by molar-refractivity contribution is -0.151. The molecule has 3 aliphatic rings. The topological polar surface area (TPSA) is 109 Å². The number of hydrogen-bond donors (Lipinski definition) is 1. The average Bonchev–Trinajstić information content (AvgIpc) is 3.50. The van der Waals surface area contributed by atoms with Gasteiger partial charge in [-0.25, -0.2) is 9.59 Å². The summed E-state index contributed by atoms with van der Waals surface area (Å²) in [6.07, 6.45) is 10.1. The van der Waals surface area contributed by atoms with E-state index in [0.29, 0.717) is 32.5 Å². The summed E-state index contributed by atoms with van der Waals surface area (Å²) in [4.78, 5) is 43.5. The van der Waals surface area contributed by atoms with Gasteiger partial charge in [0.15, 0.2) is 0 Å². The third-order valence-corrected chi connectivity index (χ3v) is 8.34. The number of amides is 2. The van der Waals surface area contributed by atoms with Gasteiger partial charge in [-0.2, -0.15) is 0 Å². The highest BCUT2D eigenvalue weighted by Gasteiger charge is 2.29. The van der Waals surface area contributed by atoms with Crippen LogP contribution in [-0.2, 0) is 19.0 Å². The molecule has 0 aromatic heterocycles. The summed E-state index contributed by atoms with van der Waals surface area (Å²) < 4.78 is 17.3. The van der Waals surface area contributed by atoms with Crippen molar-refractivity contribution in [2.45, 2.75) is 78.1 Å². The van der Waals surface area contributed by atoms with Gasteiger partial charge in [0.2, 0.25) is 0 Å². The number of rotatable bonds is 6. The summed E-state index contributed by atoms with van der Waals surface area (Å²) in [6, 6.07) is 0. The van der Waals surface area contributed by atoms with E-state index in [1.54, 1.807) is 9.80 Å². The summed E-state index contributed by atoms with van der Waals surface area (Å²) in [5.74, 6) is -0.665. The minimum Gasteiger partial charge on any atom is -0.457 e. The molecule has 10 nitrogen and oxygen atoms in total. The molecule has 3 heterocycles. The molecule has 1 unspecified atom stereocenters. The molecule has 0 bridgehead atoms. The van der Waals surface area contributed by atoms with Gasteiger partial charge in [-0.15, -0.1) is 0 Å². The molecule has 0 saturated carbocycles. The maximum absolute atomic E-state index is 13.0. The van der Waals surface area contributed by atoms with Gasteiger partial charge < -0.3 is 34.0 Å². The normalized spacial score (nSPS) is 30.3. The predicted octanol–water partition coefficient (Wildman–Crippen LogP) is 4.40. The van der Waals surface area contributed by atoms with Crippen molar-refractivity contribution in [1.82, 2.24) is 14.7 Å². The van der Waals surface area contributed by atoms with Gasteiger partial charge in [0.05, 0.1) is 19.1 Å². The fourth-order valence-corrected chi connectivity index (χ4v) is 5.37. The summed E-state index contributed by atoms with van der Waals surface area (Å²) in [6.45, 7) is 12.5. The zero-order chi connectivity index (χ0) is 30.6. The molecule has 3 aliphatic heterocycles. The average molecular weight is 590 g/mol. The molecular weight excluding hydrogens is 538 g/mol. The minimum atomic E-state index is -0.832. The molecule has 0 aromatic rings. The summed E-state index contributed by atoms with van der Waals surface area (Å²) in [5, 5.41) is 10.5. The van der Waals surface area contributed by atoms with E-state index in [0.717, 1.165) is 44.6 Å². The highest BCUT2D eigenvalue weighted by molar-refractivity contribution is 5.70. The molecule has 0 radical (unpaired) electrons. The lowest BCUT2D eigenvalue weighted by Gasteiger charge is -2.33. The van der Waals surface area contributed by atoms with Gasteiger partial charge in [-0.05, 0) is 57.2 Å². The first-order valence-corrected chi connectivity index (χ1v) is 15.5. The van der Waals surface area contributed by atoms with Crippen molar-refractivity contribution in [1.29, 1.82) is 0 Å². The molecule has 2 saturated heterocycles. The molecule has 1 N–H and O–H groups in total. The Hall–Kier alpha value is -2.85. The van der Waals surface area contributed by atoms with E-state index >= 15 is 0 Å². The standard InChI is InChI=1S/C32H51N3O7/c1-23(22-40-31(38)34-15-6-7-16-34)9-8-10-25(3)30-26(4)12-14-28(24(2)11-13-27(36)21-29(37)42-30)41-32(39)35-19-17-33(5)18-20-35/h8-10,12,14,23-24,26-28,30,36H,6-7,11,13,15-22H2,1-5H3/b9-8+,14-12+,25-10+/t23-,24-,26+,27+,28?,30-/m1/s1. The van der Waals surface area contributed by atoms with Crippen molar-refractivity contribution in [2.24, 2.45) is 17.8 Å². The first-order valence-electron chi connectivity index (χ1n) is 15.5. The van der Waals surface area contributed by atoms with Gasteiger partial charge in [0.25, 0.3) is 0 Å². The number of carbonyl (C=O) groups is 3. The van der Waals surface area contributed by atoms with Gasteiger partial charge >= 0.3 is 18.2 Å². The van der Waals surface area contributed by atoms with Crippen LogP contribution >= 0.6 is 0 Å². The highest BCUT2D eigenvalue weighted by Crippen LogP contribution is 2.25. The molecule has 2 amide bonds. The number of ether oxygens (including phenoxy) is 3. The number of allylic oxidation sites excluding steroid dienone is 2. The Bertz CT molecular complexity index is 983. The third-order valence-electron chi connectivity index (χ3n) is 8.34. The predicted molar refractivity (Wildman–Crippen MR) is 161 cm³/mol. The van der Waals surface area contributed by atoms with Gasteiger partial charge in [-0.1, -0.05) is 45.1 Å². The fraction of sp³-hybridized carbons (Fsp3) is 0.719. The molecule has 0 spiro atoms. The van der Waals surface area contributed by atoms with Crippen LogP contribution in [-0.4, -0.2) is 109 Å². The maximum atomic E-state index is 13.0. The molecule has 0 aromatic carbocycles. The molecule has 10 heteroatoms. The number of piperazine rings is 1. The van der Waals surface area contributed by atoms with Crippen LogP contribution in [0.3, 0.4) is 0 Å². The number of aliphatic hydroxyl groups excluding tert-OH is 1. The van der Waals surface area contributed by atoms with Crippen LogP contribution < -0.4 is 0 Å². The van der Waals surface area contributed by atoms with E-state index in [2.05, 4.69) is 4.90 Å². The zero-order valence-corrected chi connectivity index (χ0v) is 26.1. The van der Waals surface area contributed by atoms with Crippen molar-refractivity contribution < 1.29 is 33.7 Å². The minimum absolute atomic E-state index is 0.0177. The number of likely N-dealkylation sites (tertiary alicyclic amines) is 1. The second-order valence-electron chi connectivity index (χ2n) is 12.2. The van der Waals surface area contributed by atoms with Crippen LogP contribution in [0.15, 0.2) is 36.0 Å². The largest absolute Gasteiger partial charge is 0.457 e. The molecule has 0 aliphatic carbocycles. The van der Waals surface area contributed by atoms with Crippen LogP contribution in [0.4, 0.5) is 9.59 Å². The first-order chi connectivity index (χ1) is 20.0. The second kappa shape index (κ2) is 16.7. The van der Waals surface area contributed by atoms with Crippen LogP contribution in [0.25, 0.3) is 0 Å². The first kappa shape index (κ1) is 33.6. The van der Waals surface area contributed by atoms with Crippen LogP contribution in [0.2, 0.25) is 0 Å². The number of carbonyl (C=O) groups excluding carboxylic acids is 3. The number of cyclic esters (lactones) is 1. The van der Waals surface area contributed by atoms with E-state index in [-0.39, 0.29) is 36.4 Å². The second-order valence-corrected chi connectivity index (χ2v) is 12.2. The number of aliphatic hydroxyl groups is 1. The lowest BCUT2D eigenvalue weighted by atomic mass is 9.92. The summed E-state index contributed by atoms with van der Waals surface area (Å²) in [7, 11) is 2.04. The van der Waals surface area contributed by atoms with Crippen molar-refractivity contribution in [2.75, 3.05) is 52.9 Å². The monoisotopic (exact) mass is 589 g/mol. The van der Waals surface area contributed by atoms with E-state index in [4.69, 9.17) is 14.2 Å². The smallest absolute Gasteiger partial charge is 0.410 e. The van der Waals surface area contributed by atoms with Gasteiger partial charge in [-0.3, -0.25) is 4.79 Å². The molecule has 2 fully saturated rings. The van der Waals surface area contributed by atoms with E-state index in [1.807, 2.05) is 65.1 Å². The van der Waals surface area contributed by atoms with Crippen LogP contribution in [0.1, 0.15) is 59.8 Å². The van der Waals surface area contributed by atoms with E-state index in [1.165, 1.54) is 0 Å². The maximum Gasteiger partial charge on any atom is 0.410 e. The number of esters is 1. The Kier molecular flexibility index (Phi) is 13.4. The summed E-state index contributed by atoms with van der Waals surface area (Å²) in [5.41, 5.74) is 0.837. The van der Waals surface area contributed by atoms with E-state index in [9.17, 15) is 19.5 Å². The number of nitrogens with zero attached hydrogens (tertiary/aromatic N) is 3. The van der Waals surface area contributed by atoms with Crippen molar-refractivity contribution in [3.05, 3.63) is 36.0 Å². The van der Waals surface area contributed by atoms with Crippen molar-refractivity contribution in [3.63, 3.8) is 0 Å². The van der Waals surface area contributed by atoms with Crippen molar-refractivity contribution >= 4 is 18.2 Å². The van der Waals surface area contributed by atoms with E-state index < -0.39 is 24.3 Å². The highest BCUT2D eigenvalue weighted by atomic mass is 16.6. The van der Waals surface area contributed by atoms with Crippen LogP contribution in [0, 0.1) is 17.8 Å². The third kappa shape index (κ3) is 10.8. The Morgan fingerprint density at radius 1 is 1.05 bits per heavy atom. The number of hydrogen-bond acceptors (Lipinski definition) is 8. The van der Waals surface area contributed by atoms with Gasteiger partial charge in [0, 0.05) is 51.1 Å². The Morgan fingerprint density at radius 3 is 2.40 bits per heavy atom. The lowest BCUT2D eigenvalue weighted by Crippen LogP contribution is -2.48. The molecule has 236 valence electrons. The summed E-state index contributed by atoms with van der Waals surface area (Å²) >= 11 is 0. The SMILES string of the molecule is C/C(=C\C=C\[C@@H](C)COC(=O)N1CCCC1)[C@H]1OC(=O)C[C@@H](O)CC[C@@H](C)C(OC(=O)N2CCN(C)CC2)/C=C/[C@@H]1C. The Labute approximate surface area is 251 Å².